The van der Waals surface area contributed by atoms with Crippen LogP contribution in [0.25, 0.3) is 0 Å². The van der Waals surface area contributed by atoms with Gasteiger partial charge in [-0.1, -0.05) is 23.2 Å². The first kappa shape index (κ1) is 22.1. The molecular formula is C21H22Cl2N4O3. The van der Waals surface area contributed by atoms with Gasteiger partial charge in [-0.3, -0.25) is 19.4 Å². The quantitative estimate of drug-likeness (QED) is 0.708. The molecule has 0 aliphatic carbocycles. The molecule has 1 unspecified atom stereocenters. The van der Waals surface area contributed by atoms with Crippen LogP contribution in [0.2, 0.25) is 10.0 Å². The molecule has 0 saturated carbocycles. The summed E-state index contributed by atoms with van der Waals surface area (Å²) in [5.74, 6) is -0.854. The van der Waals surface area contributed by atoms with E-state index in [1.54, 1.807) is 41.6 Å². The summed E-state index contributed by atoms with van der Waals surface area (Å²) < 4.78 is 0. The molecule has 1 aliphatic heterocycles. The van der Waals surface area contributed by atoms with Crippen LogP contribution in [0.4, 0.5) is 5.69 Å². The normalized spacial score (nSPS) is 16.1. The Balaban J connectivity index is 1.47. The number of likely N-dealkylation sites (tertiary alicyclic amines) is 1. The van der Waals surface area contributed by atoms with E-state index in [0.717, 1.165) is 6.42 Å². The number of nitrogens with one attached hydrogen (secondary N) is 2. The first-order chi connectivity index (χ1) is 14.4. The number of amides is 3. The third-order valence-electron chi connectivity index (χ3n) is 4.84. The van der Waals surface area contributed by atoms with Crippen molar-refractivity contribution in [1.29, 1.82) is 0 Å². The van der Waals surface area contributed by atoms with Crippen LogP contribution in [-0.2, 0) is 9.59 Å². The van der Waals surface area contributed by atoms with Gasteiger partial charge in [-0.05, 0) is 43.2 Å². The second-order valence-corrected chi connectivity index (χ2v) is 7.86. The number of rotatable bonds is 6. The summed E-state index contributed by atoms with van der Waals surface area (Å²) in [5.41, 5.74) is 1.05. The topological polar surface area (TPSA) is 91.4 Å². The van der Waals surface area contributed by atoms with Gasteiger partial charge >= 0.3 is 0 Å². The van der Waals surface area contributed by atoms with Crippen molar-refractivity contribution in [2.24, 2.45) is 5.92 Å². The Morgan fingerprint density at radius 1 is 1.17 bits per heavy atom. The number of benzene rings is 1. The number of nitrogens with zero attached hydrogens (tertiary/aromatic N) is 2. The van der Waals surface area contributed by atoms with Crippen LogP contribution in [-0.4, -0.2) is 47.2 Å². The maximum absolute atomic E-state index is 12.7. The molecule has 1 aliphatic rings. The van der Waals surface area contributed by atoms with Gasteiger partial charge in [-0.2, -0.15) is 0 Å². The second kappa shape index (κ2) is 10.4. The number of anilines is 1. The molecule has 3 amide bonds. The van der Waals surface area contributed by atoms with Gasteiger partial charge in [0.05, 0.1) is 27.8 Å². The summed E-state index contributed by atoms with van der Waals surface area (Å²) in [4.78, 5) is 42.8. The summed E-state index contributed by atoms with van der Waals surface area (Å²) in [5, 5.41) is 6.21. The van der Waals surface area contributed by atoms with Gasteiger partial charge in [-0.15, -0.1) is 0 Å². The zero-order valence-electron chi connectivity index (χ0n) is 16.2. The van der Waals surface area contributed by atoms with E-state index in [0.29, 0.717) is 40.8 Å². The van der Waals surface area contributed by atoms with E-state index in [1.165, 1.54) is 6.07 Å². The third kappa shape index (κ3) is 5.93. The predicted octanol–water partition coefficient (Wildman–Crippen LogP) is 3.39. The fourth-order valence-electron chi connectivity index (χ4n) is 3.29. The van der Waals surface area contributed by atoms with Gasteiger partial charge in [0, 0.05) is 37.8 Å². The lowest BCUT2D eigenvalue weighted by atomic mass is 9.96. The zero-order chi connectivity index (χ0) is 21.5. The van der Waals surface area contributed by atoms with Crippen molar-refractivity contribution in [3.8, 4) is 0 Å². The van der Waals surface area contributed by atoms with E-state index < -0.39 is 0 Å². The first-order valence-electron chi connectivity index (χ1n) is 9.66. The van der Waals surface area contributed by atoms with Gasteiger partial charge in [0.15, 0.2) is 0 Å². The van der Waals surface area contributed by atoms with Crippen molar-refractivity contribution < 1.29 is 14.4 Å². The lowest BCUT2D eigenvalue weighted by molar-refractivity contribution is -0.126. The number of hydrogen-bond donors (Lipinski definition) is 2. The fourth-order valence-corrected chi connectivity index (χ4v) is 3.59. The molecule has 9 heteroatoms. The van der Waals surface area contributed by atoms with E-state index in [9.17, 15) is 14.4 Å². The van der Waals surface area contributed by atoms with Gasteiger partial charge < -0.3 is 15.5 Å². The van der Waals surface area contributed by atoms with Gasteiger partial charge in [0.2, 0.25) is 11.8 Å². The van der Waals surface area contributed by atoms with Gasteiger partial charge in [-0.25, -0.2) is 0 Å². The third-order valence-corrected chi connectivity index (χ3v) is 5.58. The number of hydrogen-bond acceptors (Lipinski definition) is 4. The van der Waals surface area contributed by atoms with Crippen LogP contribution in [0.3, 0.4) is 0 Å². The highest BCUT2D eigenvalue weighted by Crippen LogP contribution is 2.25. The molecule has 0 radical (unpaired) electrons. The van der Waals surface area contributed by atoms with Crippen molar-refractivity contribution in [3.63, 3.8) is 0 Å². The second-order valence-electron chi connectivity index (χ2n) is 7.05. The molecule has 1 aromatic carbocycles. The van der Waals surface area contributed by atoms with Crippen LogP contribution in [0.15, 0.2) is 42.7 Å². The van der Waals surface area contributed by atoms with Crippen LogP contribution < -0.4 is 10.6 Å². The number of pyridine rings is 1. The van der Waals surface area contributed by atoms with Crippen molar-refractivity contribution in [2.75, 3.05) is 25.0 Å². The van der Waals surface area contributed by atoms with Gasteiger partial charge in [0.25, 0.3) is 5.91 Å². The molecule has 0 spiro atoms. The Hall–Kier alpha value is -2.64. The average molecular weight is 449 g/mol. The molecule has 158 valence electrons. The molecule has 1 atom stereocenters. The molecule has 2 aromatic rings. The number of carbonyl (C=O) groups excluding carboxylic acids is 3. The van der Waals surface area contributed by atoms with Crippen molar-refractivity contribution >= 4 is 46.6 Å². The van der Waals surface area contributed by atoms with Crippen molar-refractivity contribution in [2.45, 2.75) is 19.3 Å². The lowest BCUT2D eigenvalue weighted by Gasteiger charge is -2.32. The van der Waals surface area contributed by atoms with E-state index >= 15 is 0 Å². The Morgan fingerprint density at radius 3 is 2.73 bits per heavy atom. The van der Waals surface area contributed by atoms with Crippen LogP contribution in [0.1, 0.15) is 29.6 Å². The highest BCUT2D eigenvalue weighted by atomic mass is 35.5. The molecule has 1 fully saturated rings. The highest BCUT2D eigenvalue weighted by molar-refractivity contribution is 6.42. The Labute approximate surface area is 184 Å². The van der Waals surface area contributed by atoms with E-state index in [2.05, 4.69) is 15.6 Å². The first-order valence-corrected chi connectivity index (χ1v) is 10.4. The smallest absolute Gasteiger partial charge is 0.253 e. The average Bonchev–Trinajstić information content (AvgIpc) is 2.76. The zero-order valence-corrected chi connectivity index (χ0v) is 17.7. The van der Waals surface area contributed by atoms with Crippen molar-refractivity contribution in [3.05, 3.63) is 58.3 Å². The summed E-state index contributed by atoms with van der Waals surface area (Å²) in [6, 6.07) is 8.22. The van der Waals surface area contributed by atoms with E-state index in [1.807, 2.05) is 0 Å². The molecule has 2 N–H and O–H groups in total. The predicted molar refractivity (Wildman–Crippen MR) is 116 cm³/mol. The number of aromatic nitrogens is 1. The molecular weight excluding hydrogens is 427 g/mol. The summed E-state index contributed by atoms with van der Waals surface area (Å²) in [6.45, 7) is 1.13. The highest BCUT2D eigenvalue weighted by Gasteiger charge is 2.29. The Bertz CT molecular complexity index is 924. The van der Waals surface area contributed by atoms with Crippen LogP contribution in [0, 0.1) is 5.92 Å². The van der Waals surface area contributed by atoms with E-state index in [4.69, 9.17) is 23.2 Å². The van der Waals surface area contributed by atoms with Gasteiger partial charge in [0.1, 0.15) is 0 Å². The molecule has 1 aromatic heterocycles. The van der Waals surface area contributed by atoms with Crippen LogP contribution >= 0.6 is 23.2 Å². The van der Waals surface area contributed by atoms with Crippen molar-refractivity contribution in [1.82, 2.24) is 15.2 Å². The SMILES string of the molecule is O=C(CCNC(=O)C1CCCN(C(=O)c2ccc(Cl)c(Cl)c2)C1)Nc1cccnc1. The maximum Gasteiger partial charge on any atom is 0.253 e. The Morgan fingerprint density at radius 2 is 2.00 bits per heavy atom. The number of carbonyl (C=O) groups is 3. The molecule has 0 bridgehead atoms. The standard InChI is InChI=1S/C21H22Cl2N4O3/c22-17-6-5-14(11-18(17)23)21(30)27-10-2-3-15(13-27)20(29)25-9-7-19(28)26-16-4-1-8-24-12-16/h1,4-6,8,11-12,15H,2-3,7,9-10,13H2,(H,25,29)(H,26,28). The molecule has 2 heterocycles. The largest absolute Gasteiger partial charge is 0.355 e. The maximum atomic E-state index is 12.7. The monoisotopic (exact) mass is 448 g/mol. The number of piperidine rings is 1. The number of halogens is 2. The minimum absolute atomic E-state index is 0.152. The molecule has 7 nitrogen and oxygen atoms in total. The van der Waals surface area contributed by atoms with E-state index in [-0.39, 0.29) is 36.6 Å². The summed E-state index contributed by atoms with van der Waals surface area (Å²) >= 11 is 11.9. The fraction of sp³-hybridized carbons (Fsp3) is 0.333. The lowest BCUT2D eigenvalue weighted by Crippen LogP contribution is -2.45. The van der Waals surface area contributed by atoms with Crippen LogP contribution in [0.5, 0.6) is 0 Å². The summed E-state index contributed by atoms with van der Waals surface area (Å²) in [7, 11) is 0. The Kier molecular flexibility index (Phi) is 7.65. The molecule has 30 heavy (non-hydrogen) atoms. The molecule has 3 rings (SSSR count). The summed E-state index contributed by atoms with van der Waals surface area (Å²) in [6.07, 6.45) is 4.75. The minimum Gasteiger partial charge on any atom is -0.355 e. The molecule has 1 saturated heterocycles. The minimum atomic E-state index is -0.313.